The van der Waals surface area contributed by atoms with E-state index in [-0.39, 0.29) is 11.6 Å². The number of carboxylic acids is 1. The Labute approximate surface area is 82.3 Å². The van der Waals surface area contributed by atoms with Crippen molar-refractivity contribution in [2.45, 2.75) is 13.0 Å². The summed E-state index contributed by atoms with van der Waals surface area (Å²) in [6.45, 7) is 1.74. The smallest absolute Gasteiger partial charge is 0.339 e. The van der Waals surface area contributed by atoms with E-state index in [1.807, 2.05) is 0 Å². The van der Waals surface area contributed by atoms with Crippen LogP contribution in [0.15, 0.2) is 18.2 Å². The van der Waals surface area contributed by atoms with E-state index in [0.717, 1.165) is 0 Å². The Morgan fingerprint density at radius 3 is 2.64 bits per heavy atom. The van der Waals surface area contributed by atoms with E-state index in [2.05, 4.69) is 0 Å². The van der Waals surface area contributed by atoms with E-state index in [1.54, 1.807) is 25.1 Å². The molecule has 1 aromatic carbocycles. The molecule has 0 aliphatic rings. The summed E-state index contributed by atoms with van der Waals surface area (Å²) >= 11 is 0. The molecule has 3 N–H and O–H groups in total. The summed E-state index contributed by atoms with van der Waals surface area (Å²) in [6.07, 6.45) is 0. The minimum absolute atomic E-state index is 0.144. The van der Waals surface area contributed by atoms with Crippen molar-refractivity contribution in [2.75, 3.05) is 7.11 Å². The summed E-state index contributed by atoms with van der Waals surface area (Å²) in [4.78, 5) is 11.0. The van der Waals surface area contributed by atoms with Gasteiger partial charge < -0.3 is 15.6 Å². The highest BCUT2D eigenvalue weighted by Gasteiger charge is 2.17. The van der Waals surface area contributed by atoms with E-state index in [0.29, 0.717) is 11.3 Å². The van der Waals surface area contributed by atoms with Crippen molar-refractivity contribution in [3.8, 4) is 5.75 Å². The van der Waals surface area contributed by atoms with Gasteiger partial charge >= 0.3 is 5.97 Å². The Kier molecular flexibility index (Phi) is 3.09. The third-order valence-corrected chi connectivity index (χ3v) is 1.98. The number of hydrogen-bond donors (Lipinski definition) is 2. The van der Waals surface area contributed by atoms with E-state index >= 15 is 0 Å². The molecule has 0 aliphatic heterocycles. The number of methoxy groups -OCH3 is 1. The van der Waals surface area contributed by atoms with E-state index in [1.165, 1.54) is 7.11 Å². The summed E-state index contributed by atoms with van der Waals surface area (Å²) in [5.41, 5.74) is 6.38. The van der Waals surface area contributed by atoms with Crippen molar-refractivity contribution in [1.29, 1.82) is 0 Å². The fraction of sp³-hybridized carbons (Fsp3) is 0.300. The van der Waals surface area contributed by atoms with Gasteiger partial charge in [-0.25, -0.2) is 4.79 Å². The quantitative estimate of drug-likeness (QED) is 0.764. The molecule has 1 atom stereocenters. The van der Waals surface area contributed by atoms with E-state index in [4.69, 9.17) is 15.6 Å². The molecule has 0 saturated heterocycles. The first-order valence-corrected chi connectivity index (χ1v) is 4.23. The van der Waals surface area contributed by atoms with E-state index < -0.39 is 5.97 Å². The van der Waals surface area contributed by atoms with Gasteiger partial charge in [0.05, 0.1) is 7.11 Å². The van der Waals surface area contributed by atoms with Crippen LogP contribution in [0.25, 0.3) is 0 Å². The van der Waals surface area contributed by atoms with Gasteiger partial charge in [0, 0.05) is 6.04 Å². The van der Waals surface area contributed by atoms with Crippen LogP contribution in [-0.4, -0.2) is 18.2 Å². The topological polar surface area (TPSA) is 72.5 Å². The Hall–Kier alpha value is -1.55. The predicted molar refractivity (Wildman–Crippen MR) is 52.6 cm³/mol. The van der Waals surface area contributed by atoms with Crippen LogP contribution in [0.1, 0.15) is 28.9 Å². The van der Waals surface area contributed by atoms with Gasteiger partial charge in [-0.2, -0.15) is 0 Å². The van der Waals surface area contributed by atoms with Gasteiger partial charge in [0.25, 0.3) is 0 Å². The van der Waals surface area contributed by atoms with Crippen molar-refractivity contribution >= 4 is 5.97 Å². The van der Waals surface area contributed by atoms with Gasteiger partial charge in [0.1, 0.15) is 11.3 Å². The maximum absolute atomic E-state index is 11.0. The van der Waals surface area contributed by atoms with Gasteiger partial charge in [-0.15, -0.1) is 0 Å². The fourth-order valence-electron chi connectivity index (χ4n) is 1.33. The lowest BCUT2D eigenvalue weighted by molar-refractivity contribution is 0.0691. The largest absolute Gasteiger partial charge is 0.496 e. The highest BCUT2D eigenvalue weighted by Crippen LogP contribution is 2.25. The highest BCUT2D eigenvalue weighted by atomic mass is 16.5. The number of carbonyl (C=O) groups is 1. The third-order valence-electron chi connectivity index (χ3n) is 1.98. The van der Waals surface area contributed by atoms with Gasteiger partial charge in [-0.1, -0.05) is 12.1 Å². The number of carboxylic acid groups (broad SMARTS) is 1. The molecule has 0 heterocycles. The molecule has 0 radical (unpaired) electrons. The average molecular weight is 195 g/mol. The lowest BCUT2D eigenvalue weighted by atomic mass is 10.0. The van der Waals surface area contributed by atoms with Crippen molar-refractivity contribution in [2.24, 2.45) is 5.73 Å². The summed E-state index contributed by atoms with van der Waals surface area (Å²) in [5, 5.41) is 8.99. The van der Waals surface area contributed by atoms with Crippen LogP contribution in [-0.2, 0) is 0 Å². The van der Waals surface area contributed by atoms with Crippen LogP contribution < -0.4 is 10.5 Å². The molecule has 0 aliphatic carbocycles. The third kappa shape index (κ3) is 1.85. The molecule has 0 bridgehead atoms. The van der Waals surface area contributed by atoms with Crippen LogP contribution in [0.4, 0.5) is 0 Å². The van der Waals surface area contributed by atoms with Crippen molar-refractivity contribution in [3.05, 3.63) is 29.3 Å². The molecule has 4 heteroatoms. The number of aromatic carboxylic acids is 1. The molecule has 14 heavy (non-hydrogen) atoms. The summed E-state index contributed by atoms with van der Waals surface area (Å²) in [5.74, 6) is -0.679. The van der Waals surface area contributed by atoms with Crippen LogP contribution in [0.2, 0.25) is 0 Å². The van der Waals surface area contributed by atoms with Gasteiger partial charge in [0.15, 0.2) is 0 Å². The van der Waals surface area contributed by atoms with Crippen LogP contribution in [0, 0.1) is 0 Å². The summed E-state index contributed by atoms with van der Waals surface area (Å²) in [6, 6.07) is 4.70. The Morgan fingerprint density at radius 1 is 1.57 bits per heavy atom. The second-order valence-corrected chi connectivity index (χ2v) is 3.02. The Balaban J connectivity index is 3.35. The molecule has 1 aromatic rings. The molecular weight excluding hydrogens is 182 g/mol. The zero-order chi connectivity index (χ0) is 10.7. The molecule has 1 rings (SSSR count). The first-order valence-electron chi connectivity index (χ1n) is 4.23. The molecular formula is C10H13NO3. The lowest BCUT2D eigenvalue weighted by Gasteiger charge is -2.12. The van der Waals surface area contributed by atoms with Crippen molar-refractivity contribution in [3.63, 3.8) is 0 Å². The molecule has 0 aromatic heterocycles. The summed E-state index contributed by atoms with van der Waals surface area (Å²) in [7, 11) is 1.44. The fourth-order valence-corrected chi connectivity index (χ4v) is 1.33. The Morgan fingerprint density at radius 2 is 2.21 bits per heavy atom. The van der Waals surface area contributed by atoms with Gasteiger partial charge in [-0.3, -0.25) is 0 Å². The first kappa shape index (κ1) is 10.5. The second kappa shape index (κ2) is 4.11. The molecule has 1 unspecified atom stereocenters. The molecule has 76 valence electrons. The summed E-state index contributed by atoms with van der Waals surface area (Å²) < 4.78 is 4.96. The second-order valence-electron chi connectivity index (χ2n) is 3.02. The monoisotopic (exact) mass is 195 g/mol. The standard InChI is InChI=1S/C10H13NO3/c1-6(11)7-4-3-5-8(14-2)9(7)10(12)13/h3-6H,11H2,1-2H3,(H,12,13). The SMILES string of the molecule is COc1cccc(C(C)N)c1C(=O)O. The molecule has 0 fully saturated rings. The number of hydrogen-bond acceptors (Lipinski definition) is 3. The van der Waals surface area contributed by atoms with Crippen molar-refractivity contribution in [1.82, 2.24) is 0 Å². The number of rotatable bonds is 3. The van der Waals surface area contributed by atoms with Crippen LogP contribution >= 0.6 is 0 Å². The predicted octanol–water partition coefficient (Wildman–Crippen LogP) is 1.41. The van der Waals surface area contributed by atoms with Crippen molar-refractivity contribution < 1.29 is 14.6 Å². The maximum Gasteiger partial charge on any atom is 0.339 e. The minimum atomic E-state index is -1.02. The number of ether oxygens (including phenoxy) is 1. The maximum atomic E-state index is 11.0. The normalized spacial score (nSPS) is 12.2. The molecule has 0 spiro atoms. The molecule has 0 amide bonds. The highest BCUT2D eigenvalue weighted by molar-refractivity contribution is 5.92. The number of nitrogens with two attached hydrogens (primary N) is 1. The first-order chi connectivity index (χ1) is 6.57. The van der Waals surface area contributed by atoms with Gasteiger partial charge in [0.2, 0.25) is 0 Å². The van der Waals surface area contributed by atoms with Gasteiger partial charge in [-0.05, 0) is 18.6 Å². The van der Waals surface area contributed by atoms with E-state index in [9.17, 15) is 4.79 Å². The molecule has 4 nitrogen and oxygen atoms in total. The van der Waals surface area contributed by atoms with Crippen LogP contribution in [0.5, 0.6) is 5.75 Å². The number of benzene rings is 1. The molecule has 0 saturated carbocycles. The van der Waals surface area contributed by atoms with Crippen LogP contribution in [0.3, 0.4) is 0 Å². The zero-order valence-corrected chi connectivity index (χ0v) is 8.15. The minimum Gasteiger partial charge on any atom is -0.496 e. The lowest BCUT2D eigenvalue weighted by Crippen LogP contribution is -2.12. The zero-order valence-electron chi connectivity index (χ0n) is 8.15. The average Bonchev–Trinajstić information content (AvgIpc) is 2.16. The Bertz CT molecular complexity index is 347.